The van der Waals surface area contributed by atoms with E-state index in [-0.39, 0.29) is 17.9 Å². The molecule has 0 aliphatic carbocycles. The van der Waals surface area contributed by atoms with E-state index in [1.807, 2.05) is 0 Å². The lowest BCUT2D eigenvalue weighted by atomic mass is 10.1. The van der Waals surface area contributed by atoms with Crippen LogP contribution in [-0.2, 0) is 16.1 Å². The van der Waals surface area contributed by atoms with Gasteiger partial charge in [0.05, 0.1) is 12.2 Å². The Labute approximate surface area is 152 Å². The number of hydrogen-bond donors (Lipinski definition) is 2. The lowest BCUT2D eigenvalue weighted by molar-refractivity contribution is -0.274. The standard InChI is InChI=1S/C18H16F3NO5/c1-11(26-17(25)13-4-2-12(10-23)3-5-13)16(24)22-14-6-8-15(9-7-14)27-18(19,20)21/h2-9,11,23H,10H2,1H3,(H,22,24)/t11-/m1/s1. The molecule has 2 aromatic rings. The highest BCUT2D eigenvalue weighted by atomic mass is 19.4. The first kappa shape index (κ1) is 20.2. The second-order valence-corrected chi connectivity index (χ2v) is 5.46. The van der Waals surface area contributed by atoms with E-state index in [9.17, 15) is 22.8 Å². The van der Waals surface area contributed by atoms with Crippen molar-refractivity contribution in [1.82, 2.24) is 0 Å². The summed E-state index contributed by atoms with van der Waals surface area (Å²) in [6.45, 7) is 1.19. The first-order chi connectivity index (χ1) is 12.7. The predicted molar refractivity (Wildman–Crippen MR) is 89.0 cm³/mol. The smallest absolute Gasteiger partial charge is 0.449 e. The molecule has 2 aromatic carbocycles. The van der Waals surface area contributed by atoms with Crippen LogP contribution in [0.15, 0.2) is 48.5 Å². The minimum absolute atomic E-state index is 0.166. The summed E-state index contributed by atoms with van der Waals surface area (Å²) in [4.78, 5) is 24.1. The number of aliphatic hydroxyl groups is 1. The third-order valence-corrected chi connectivity index (χ3v) is 3.38. The molecule has 6 nitrogen and oxygen atoms in total. The maximum Gasteiger partial charge on any atom is 0.573 e. The molecule has 0 aliphatic rings. The van der Waals surface area contributed by atoms with E-state index in [0.717, 1.165) is 12.1 Å². The third kappa shape index (κ3) is 6.30. The molecular formula is C18H16F3NO5. The Kier molecular flexibility index (Phi) is 6.40. The van der Waals surface area contributed by atoms with Gasteiger partial charge in [0.15, 0.2) is 6.10 Å². The monoisotopic (exact) mass is 383 g/mol. The Morgan fingerprint density at radius 1 is 1.07 bits per heavy atom. The fourth-order valence-corrected chi connectivity index (χ4v) is 2.01. The van der Waals surface area contributed by atoms with Gasteiger partial charge in [-0.3, -0.25) is 4.79 Å². The van der Waals surface area contributed by atoms with Crippen LogP contribution in [-0.4, -0.2) is 29.4 Å². The SMILES string of the molecule is C[C@@H](OC(=O)c1ccc(CO)cc1)C(=O)Nc1ccc(OC(F)(F)F)cc1. The van der Waals surface area contributed by atoms with Gasteiger partial charge in [0, 0.05) is 5.69 Å². The topological polar surface area (TPSA) is 84.9 Å². The Balaban J connectivity index is 1.91. The highest BCUT2D eigenvalue weighted by Crippen LogP contribution is 2.24. The van der Waals surface area contributed by atoms with E-state index < -0.39 is 30.1 Å². The van der Waals surface area contributed by atoms with Crippen LogP contribution < -0.4 is 10.1 Å². The summed E-state index contributed by atoms with van der Waals surface area (Å²) in [5.41, 5.74) is 1.04. The normalized spacial score (nSPS) is 12.2. The first-order valence-corrected chi connectivity index (χ1v) is 7.75. The third-order valence-electron chi connectivity index (χ3n) is 3.38. The number of carbonyl (C=O) groups is 2. The maximum absolute atomic E-state index is 12.1. The highest BCUT2D eigenvalue weighted by molar-refractivity contribution is 5.97. The van der Waals surface area contributed by atoms with E-state index in [1.54, 1.807) is 12.1 Å². The van der Waals surface area contributed by atoms with Gasteiger partial charge >= 0.3 is 12.3 Å². The molecule has 1 amide bonds. The van der Waals surface area contributed by atoms with Crippen molar-refractivity contribution in [2.24, 2.45) is 0 Å². The van der Waals surface area contributed by atoms with Crippen molar-refractivity contribution in [1.29, 1.82) is 0 Å². The predicted octanol–water partition coefficient (Wildman–Crippen LogP) is 3.26. The zero-order valence-electron chi connectivity index (χ0n) is 14.1. The summed E-state index contributed by atoms with van der Waals surface area (Å²) in [7, 11) is 0. The number of benzene rings is 2. The number of halogens is 3. The molecule has 9 heteroatoms. The van der Waals surface area contributed by atoms with Crippen LogP contribution in [0.25, 0.3) is 0 Å². The molecule has 2 rings (SSSR count). The van der Waals surface area contributed by atoms with E-state index >= 15 is 0 Å². The van der Waals surface area contributed by atoms with Crippen molar-refractivity contribution in [3.63, 3.8) is 0 Å². The van der Waals surface area contributed by atoms with Crippen LogP contribution in [0.3, 0.4) is 0 Å². The van der Waals surface area contributed by atoms with Gasteiger partial charge in [0.25, 0.3) is 5.91 Å². The number of hydrogen-bond acceptors (Lipinski definition) is 5. The Morgan fingerprint density at radius 2 is 1.67 bits per heavy atom. The Morgan fingerprint density at radius 3 is 2.19 bits per heavy atom. The van der Waals surface area contributed by atoms with E-state index in [2.05, 4.69) is 10.1 Å². The molecule has 0 bridgehead atoms. The number of amides is 1. The molecule has 0 aromatic heterocycles. The highest BCUT2D eigenvalue weighted by Gasteiger charge is 2.31. The molecular weight excluding hydrogens is 367 g/mol. The van der Waals surface area contributed by atoms with Crippen LogP contribution in [0, 0.1) is 0 Å². The van der Waals surface area contributed by atoms with Crippen LogP contribution in [0.1, 0.15) is 22.8 Å². The molecule has 0 spiro atoms. The Hall–Kier alpha value is -3.07. The number of aliphatic hydroxyl groups excluding tert-OH is 1. The fourth-order valence-electron chi connectivity index (χ4n) is 2.01. The largest absolute Gasteiger partial charge is 0.573 e. The number of rotatable bonds is 6. The molecule has 0 aliphatic heterocycles. The van der Waals surface area contributed by atoms with Gasteiger partial charge < -0.3 is 19.9 Å². The number of carbonyl (C=O) groups excluding carboxylic acids is 2. The zero-order valence-corrected chi connectivity index (χ0v) is 14.1. The zero-order chi connectivity index (χ0) is 20.0. The first-order valence-electron chi connectivity index (χ1n) is 7.75. The van der Waals surface area contributed by atoms with Gasteiger partial charge in [-0.1, -0.05) is 12.1 Å². The minimum Gasteiger partial charge on any atom is -0.449 e. The molecule has 144 valence electrons. The number of ether oxygens (including phenoxy) is 2. The van der Waals surface area contributed by atoms with Gasteiger partial charge in [0.2, 0.25) is 0 Å². The second-order valence-electron chi connectivity index (χ2n) is 5.46. The number of nitrogens with one attached hydrogen (secondary N) is 1. The number of anilines is 1. The maximum atomic E-state index is 12.1. The quantitative estimate of drug-likeness (QED) is 0.748. The van der Waals surface area contributed by atoms with E-state index in [4.69, 9.17) is 9.84 Å². The molecule has 0 unspecified atom stereocenters. The summed E-state index contributed by atoms with van der Waals surface area (Å²) in [6, 6.07) is 10.5. The number of esters is 1. The van der Waals surface area contributed by atoms with Crippen LogP contribution in [0.4, 0.5) is 18.9 Å². The van der Waals surface area contributed by atoms with Gasteiger partial charge in [-0.2, -0.15) is 0 Å². The summed E-state index contributed by atoms with van der Waals surface area (Å²) >= 11 is 0. The average Bonchev–Trinajstić information content (AvgIpc) is 2.62. The fraction of sp³-hybridized carbons (Fsp3) is 0.222. The van der Waals surface area contributed by atoms with Gasteiger partial charge in [-0.15, -0.1) is 13.2 Å². The van der Waals surface area contributed by atoms with Crippen molar-refractivity contribution in [2.45, 2.75) is 26.0 Å². The molecule has 1 atom stereocenters. The van der Waals surface area contributed by atoms with Crippen LogP contribution in [0.5, 0.6) is 5.75 Å². The summed E-state index contributed by atoms with van der Waals surface area (Å²) in [6.07, 6.45) is -5.94. The summed E-state index contributed by atoms with van der Waals surface area (Å²) in [5, 5.41) is 11.4. The van der Waals surface area contributed by atoms with Crippen molar-refractivity contribution in [2.75, 3.05) is 5.32 Å². The summed E-state index contributed by atoms with van der Waals surface area (Å²) < 4.78 is 45.1. The number of alkyl halides is 3. The Bertz CT molecular complexity index is 788. The van der Waals surface area contributed by atoms with Crippen molar-refractivity contribution < 1.29 is 37.3 Å². The molecule has 27 heavy (non-hydrogen) atoms. The molecule has 0 radical (unpaired) electrons. The van der Waals surface area contributed by atoms with Crippen molar-refractivity contribution in [3.05, 3.63) is 59.7 Å². The lowest BCUT2D eigenvalue weighted by Crippen LogP contribution is -2.30. The van der Waals surface area contributed by atoms with E-state index in [0.29, 0.717) is 5.56 Å². The van der Waals surface area contributed by atoms with Gasteiger partial charge in [-0.25, -0.2) is 4.79 Å². The molecule has 0 fully saturated rings. The van der Waals surface area contributed by atoms with E-state index in [1.165, 1.54) is 31.2 Å². The molecule has 0 saturated heterocycles. The molecule has 2 N–H and O–H groups in total. The molecule has 0 saturated carbocycles. The van der Waals surface area contributed by atoms with Gasteiger partial charge in [0.1, 0.15) is 5.75 Å². The van der Waals surface area contributed by atoms with Crippen molar-refractivity contribution in [3.8, 4) is 5.75 Å². The average molecular weight is 383 g/mol. The van der Waals surface area contributed by atoms with Gasteiger partial charge in [-0.05, 0) is 48.9 Å². The molecule has 0 heterocycles. The van der Waals surface area contributed by atoms with Crippen LogP contribution >= 0.6 is 0 Å². The lowest BCUT2D eigenvalue weighted by Gasteiger charge is -2.14. The second kappa shape index (κ2) is 8.54. The summed E-state index contributed by atoms with van der Waals surface area (Å²) in [5.74, 6) is -1.80. The van der Waals surface area contributed by atoms with Crippen LogP contribution in [0.2, 0.25) is 0 Å². The minimum atomic E-state index is -4.80. The van der Waals surface area contributed by atoms with Crippen molar-refractivity contribution >= 4 is 17.6 Å².